The molecule has 0 aliphatic carbocycles. The molecule has 5 heteroatoms. The Labute approximate surface area is 156 Å². The van der Waals surface area contributed by atoms with E-state index in [1.54, 1.807) is 11.8 Å². The van der Waals surface area contributed by atoms with E-state index in [2.05, 4.69) is 42.3 Å². The summed E-state index contributed by atoms with van der Waals surface area (Å²) < 4.78 is 0. The van der Waals surface area contributed by atoms with E-state index in [4.69, 9.17) is 0 Å². The van der Waals surface area contributed by atoms with Crippen molar-refractivity contribution >= 4 is 34.1 Å². The van der Waals surface area contributed by atoms with Gasteiger partial charge in [0, 0.05) is 15.8 Å². The highest BCUT2D eigenvalue weighted by molar-refractivity contribution is 8.00. The van der Waals surface area contributed by atoms with Gasteiger partial charge in [0.25, 0.3) is 0 Å². The molecule has 25 heavy (non-hydrogen) atoms. The lowest BCUT2D eigenvalue weighted by molar-refractivity contribution is -0.115. The van der Waals surface area contributed by atoms with Gasteiger partial charge in [0.1, 0.15) is 0 Å². The number of hydrogen-bond acceptors (Lipinski definition) is 4. The molecule has 1 N–H and O–H groups in total. The fourth-order valence-electron chi connectivity index (χ4n) is 2.32. The van der Waals surface area contributed by atoms with Crippen molar-refractivity contribution in [3.63, 3.8) is 0 Å². The maximum atomic E-state index is 12.4. The summed E-state index contributed by atoms with van der Waals surface area (Å²) in [4.78, 5) is 18.1. The van der Waals surface area contributed by atoms with Crippen LogP contribution in [0.15, 0.2) is 58.8 Å². The Morgan fingerprint density at radius 1 is 1.12 bits per heavy atom. The second-order valence-electron chi connectivity index (χ2n) is 5.90. The number of aromatic nitrogens is 1. The smallest absolute Gasteiger partial charge is 0.239 e. The average molecular weight is 369 g/mol. The first-order valence-corrected chi connectivity index (χ1v) is 9.84. The Hall–Kier alpha value is -2.11. The van der Waals surface area contributed by atoms with Crippen molar-refractivity contribution < 1.29 is 4.79 Å². The predicted octanol–water partition coefficient (Wildman–Crippen LogP) is 5.55. The van der Waals surface area contributed by atoms with Crippen molar-refractivity contribution in [2.75, 3.05) is 5.32 Å². The summed E-state index contributed by atoms with van der Waals surface area (Å²) in [5.74, 6) is -0.0304. The van der Waals surface area contributed by atoms with Crippen LogP contribution in [-0.4, -0.2) is 16.1 Å². The lowest BCUT2D eigenvalue weighted by Crippen LogP contribution is -2.22. The van der Waals surface area contributed by atoms with E-state index in [-0.39, 0.29) is 11.2 Å². The van der Waals surface area contributed by atoms with Crippen molar-refractivity contribution in [3.05, 3.63) is 65.0 Å². The molecule has 1 heterocycles. The number of carbonyl (C=O) groups is 1. The molecule has 1 unspecified atom stereocenters. The van der Waals surface area contributed by atoms with Gasteiger partial charge in [-0.2, -0.15) is 0 Å². The lowest BCUT2D eigenvalue weighted by atomic mass is 10.1. The number of nitrogens with one attached hydrogen (secondary N) is 1. The van der Waals surface area contributed by atoms with Crippen molar-refractivity contribution in [2.45, 2.75) is 30.9 Å². The van der Waals surface area contributed by atoms with Crippen molar-refractivity contribution in [1.29, 1.82) is 0 Å². The molecular formula is C20H20N2OS2. The van der Waals surface area contributed by atoms with Crippen molar-refractivity contribution in [3.8, 4) is 11.3 Å². The molecule has 3 nitrogen and oxygen atoms in total. The normalized spacial score (nSPS) is 12.0. The molecule has 0 fully saturated rings. The zero-order valence-corrected chi connectivity index (χ0v) is 16.1. The summed E-state index contributed by atoms with van der Waals surface area (Å²) in [6.45, 7) is 6.10. The number of anilines is 1. The molecule has 2 aromatic carbocycles. The van der Waals surface area contributed by atoms with Crippen LogP contribution in [0.25, 0.3) is 11.3 Å². The van der Waals surface area contributed by atoms with Crippen LogP contribution >= 0.6 is 23.1 Å². The number of rotatable bonds is 5. The predicted molar refractivity (Wildman–Crippen MR) is 107 cm³/mol. The SMILES string of the molecule is Cc1ccc(SC(C)C(=O)Nc2nc(-c3ccccc3)cs2)cc1C. The van der Waals surface area contributed by atoms with E-state index in [1.807, 2.05) is 42.6 Å². The number of amides is 1. The van der Waals surface area contributed by atoms with Gasteiger partial charge in [0.05, 0.1) is 10.9 Å². The molecule has 0 aliphatic heterocycles. The van der Waals surface area contributed by atoms with E-state index >= 15 is 0 Å². The third kappa shape index (κ3) is 4.50. The fourth-order valence-corrected chi connectivity index (χ4v) is 4.01. The summed E-state index contributed by atoms with van der Waals surface area (Å²) in [5, 5.41) is 5.34. The van der Waals surface area contributed by atoms with Crippen molar-refractivity contribution in [2.24, 2.45) is 0 Å². The molecule has 1 atom stereocenters. The van der Waals surface area contributed by atoms with E-state index < -0.39 is 0 Å². The largest absolute Gasteiger partial charge is 0.301 e. The van der Waals surface area contributed by atoms with Gasteiger partial charge in [0.15, 0.2) is 5.13 Å². The Morgan fingerprint density at radius 3 is 2.60 bits per heavy atom. The highest BCUT2D eigenvalue weighted by Crippen LogP contribution is 2.28. The van der Waals surface area contributed by atoms with E-state index in [0.29, 0.717) is 5.13 Å². The zero-order chi connectivity index (χ0) is 17.8. The van der Waals surface area contributed by atoms with Crippen LogP contribution in [-0.2, 0) is 4.79 Å². The van der Waals surface area contributed by atoms with Crippen LogP contribution in [0.3, 0.4) is 0 Å². The third-order valence-corrected chi connectivity index (χ3v) is 5.82. The number of hydrogen-bond donors (Lipinski definition) is 1. The summed E-state index contributed by atoms with van der Waals surface area (Å²) in [5.41, 5.74) is 4.44. The van der Waals surface area contributed by atoms with Crippen LogP contribution in [0, 0.1) is 13.8 Å². The number of thioether (sulfide) groups is 1. The Morgan fingerprint density at radius 2 is 1.88 bits per heavy atom. The first kappa shape index (κ1) is 17.7. The highest BCUT2D eigenvalue weighted by Gasteiger charge is 2.16. The van der Waals surface area contributed by atoms with Crippen LogP contribution in [0.4, 0.5) is 5.13 Å². The van der Waals surface area contributed by atoms with E-state index in [9.17, 15) is 4.79 Å². The molecule has 0 aliphatic rings. The Bertz CT molecular complexity index is 874. The topological polar surface area (TPSA) is 42.0 Å². The molecule has 1 amide bonds. The molecular weight excluding hydrogens is 348 g/mol. The third-order valence-electron chi connectivity index (χ3n) is 3.96. The fraction of sp³-hybridized carbons (Fsp3) is 0.200. The number of aryl methyl sites for hydroxylation is 2. The first-order valence-electron chi connectivity index (χ1n) is 8.08. The second kappa shape index (κ2) is 7.85. The van der Waals surface area contributed by atoms with Gasteiger partial charge < -0.3 is 5.32 Å². The minimum atomic E-state index is -0.189. The van der Waals surface area contributed by atoms with Gasteiger partial charge in [0.2, 0.25) is 5.91 Å². The van der Waals surface area contributed by atoms with Crippen LogP contribution in [0.2, 0.25) is 0 Å². The van der Waals surface area contributed by atoms with Gasteiger partial charge in [-0.3, -0.25) is 4.79 Å². The van der Waals surface area contributed by atoms with E-state index in [1.165, 1.54) is 22.5 Å². The molecule has 128 valence electrons. The quantitative estimate of drug-likeness (QED) is 0.601. The minimum Gasteiger partial charge on any atom is -0.301 e. The number of nitrogens with zero attached hydrogens (tertiary/aromatic N) is 1. The highest BCUT2D eigenvalue weighted by atomic mass is 32.2. The summed E-state index contributed by atoms with van der Waals surface area (Å²) >= 11 is 3.01. The van der Waals surface area contributed by atoms with Gasteiger partial charge in [-0.1, -0.05) is 36.4 Å². The van der Waals surface area contributed by atoms with Gasteiger partial charge in [-0.25, -0.2) is 4.98 Å². The van der Waals surface area contributed by atoms with Crippen LogP contribution in [0.1, 0.15) is 18.1 Å². The van der Waals surface area contributed by atoms with Gasteiger partial charge in [-0.15, -0.1) is 23.1 Å². The Kier molecular flexibility index (Phi) is 5.56. The lowest BCUT2D eigenvalue weighted by Gasteiger charge is -2.11. The number of benzene rings is 2. The average Bonchev–Trinajstić information content (AvgIpc) is 3.07. The van der Waals surface area contributed by atoms with Crippen molar-refractivity contribution in [1.82, 2.24) is 4.98 Å². The monoisotopic (exact) mass is 368 g/mol. The zero-order valence-electron chi connectivity index (χ0n) is 14.4. The van der Waals surface area contributed by atoms with Crippen LogP contribution in [0.5, 0.6) is 0 Å². The molecule has 0 radical (unpaired) electrons. The number of carbonyl (C=O) groups excluding carboxylic acids is 1. The molecule has 3 aromatic rings. The molecule has 0 spiro atoms. The molecule has 3 rings (SSSR count). The summed E-state index contributed by atoms with van der Waals surface area (Å²) in [7, 11) is 0. The maximum absolute atomic E-state index is 12.4. The number of thiazole rings is 1. The first-order chi connectivity index (χ1) is 12.0. The summed E-state index contributed by atoms with van der Waals surface area (Å²) in [6.07, 6.45) is 0. The second-order valence-corrected chi connectivity index (χ2v) is 8.17. The minimum absolute atomic E-state index is 0.0304. The van der Waals surface area contributed by atoms with Gasteiger partial charge >= 0.3 is 0 Å². The van der Waals surface area contributed by atoms with Crippen LogP contribution < -0.4 is 5.32 Å². The molecule has 0 saturated heterocycles. The maximum Gasteiger partial charge on any atom is 0.239 e. The molecule has 0 bridgehead atoms. The molecule has 0 saturated carbocycles. The standard InChI is InChI=1S/C20H20N2OS2/c1-13-9-10-17(11-14(13)2)25-15(3)19(23)22-20-21-18(12-24-20)16-7-5-4-6-8-16/h4-12,15H,1-3H3,(H,21,22,23). The van der Waals surface area contributed by atoms with E-state index in [0.717, 1.165) is 16.2 Å². The summed E-state index contributed by atoms with van der Waals surface area (Å²) in [6, 6.07) is 16.2. The molecule has 1 aromatic heterocycles. The van der Waals surface area contributed by atoms with Gasteiger partial charge in [-0.05, 0) is 44.0 Å². The Balaban J connectivity index is 1.63.